The van der Waals surface area contributed by atoms with Gasteiger partial charge >= 0.3 is 0 Å². The van der Waals surface area contributed by atoms with E-state index in [-0.39, 0.29) is 0 Å². The minimum absolute atomic E-state index is 0.506. The van der Waals surface area contributed by atoms with Crippen LogP contribution in [0.4, 0.5) is 5.82 Å². The molecule has 2 heterocycles. The molecule has 0 spiro atoms. The molecule has 0 atom stereocenters. The van der Waals surface area contributed by atoms with Gasteiger partial charge < -0.3 is 23.8 Å². The van der Waals surface area contributed by atoms with E-state index in [1.807, 2.05) is 36.4 Å². The van der Waals surface area contributed by atoms with Gasteiger partial charge in [-0.2, -0.15) is 5.10 Å². The van der Waals surface area contributed by atoms with E-state index < -0.39 is 0 Å². The summed E-state index contributed by atoms with van der Waals surface area (Å²) < 4.78 is 22.7. The molecule has 0 amide bonds. The predicted octanol–water partition coefficient (Wildman–Crippen LogP) is 4.36. The standard InChI is InChI=1S/C23H24BrN5O4/c1-30-16-7-5-14(18(9-16)32-3)11-29(12-15-6-8-17(31-2)10-19(15)33-4)23-20-21(24)27-28-22(20)25-13-26-23/h5-10,13H,11-12H2,1-4H3,(H,25,26,27,28). The van der Waals surface area contributed by atoms with Crippen molar-refractivity contribution in [1.82, 2.24) is 20.2 Å². The molecule has 2 aromatic heterocycles. The van der Waals surface area contributed by atoms with E-state index in [1.165, 1.54) is 6.33 Å². The topological polar surface area (TPSA) is 94.6 Å². The highest BCUT2D eigenvalue weighted by atomic mass is 79.9. The first-order chi connectivity index (χ1) is 16.1. The van der Waals surface area contributed by atoms with Gasteiger partial charge in [-0.25, -0.2) is 9.97 Å². The van der Waals surface area contributed by atoms with Gasteiger partial charge in [0.2, 0.25) is 0 Å². The summed E-state index contributed by atoms with van der Waals surface area (Å²) in [6.07, 6.45) is 1.51. The molecule has 0 saturated carbocycles. The summed E-state index contributed by atoms with van der Waals surface area (Å²) in [7, 11) is 6.55. The van der Waals surface area contributed by atoms with Crippen LogP contribution in [0.5, 0.6) is 23.0 Å². The van der Waals surface area contributed by atoms with Crippen molar-refractivity contribution in [2.24, 2.45) is 0 Å². The van der Waals surface area contributed by atoms with Crippen molar-refractivity contribution in [2.75, 3.05) is 33.3 Å². The maximum atomic E-state index is 5.64. The average molecular weight is 514 g/mol. The van der Waals surface area contributed by atoms with E-state index in [0.29, 0.717) is 23.3 Å². The number of halogens is 1. The minimum atomic E-state index is 0.506. The number of benzene rings is 2. The molecule has 0 fully saturated rings. The number of aromatic nitrogens is 4. The lowest BCUT2D eigenvalue weighted by Crippen LogP contribution is -2.24. The van der Waals surface area contributed by atoms with Crippen LogP contribution in [-0.4, -0.2) is 48.6 Å². The Bertz CT molecular complexity index is 1210. The van der Waals surface area contributed by atoms with E-state index in [0.717, 1.165) is 45.3 Å². The Balaban J connectivity index is 1.80. The third-order valence-corrected chi connectivity index (χ3v) is 5.87. The van der Waals surface area contributed by atoms with Crippen molar-refractivity contribution >= 4 is 32.8 Å². The lowest BCUT2D eigenvalue weighted by atomic mass is 10.1. The number of fused-ring (bicyclic) bond motifs is 1. The number of rotatable bonds is 9. The quantitative estimate of drug-likeness (QED) is 0.352. The van der Waals surface area contributed by atoms with Gasteiger partial charge in [-0.15, -0.1) is 0 Å². The third-order valence-electron chi connectivity index (χ3n) is 5.30. The Hall–Kier alpha value is -3.53. The minimum Gasteiger partial charge on any atom is -0.497 e. The number of hydrogen-bond donors (Lipinski definition) is 1. The maximum Gasteiger partial charge on any atom is 0.187 e. The first kappa shape index (κ1) is 22.7. The van der Waals surface area contributed by atoms with E-state index in [1.54, 1.807) is 28.4 Å². The first-order valence-electron chi connectivity index (χ1n) is 10.1. The number of anilines is 1. The van der Waals surface area contributed by atoms with Crippen molar-refractivity contribution in [3.8, 4) is 23.0 Å². The van der Waals surface area contributed by atoms with Gasteiger partial charge in [-0.05, 0) is 40.2 Å². The first-order valence-corrected chi connectivity index (χ1v) is 10.9. The van der Waals surface area contributed by atoms with Crippen molar-refractivity contribution in [1.29, 1.82) is 0 Å². The summed E-state index contributed by atoms with van der Waals surface area (Å²) in [5.74, 6) is 3.61. The number of methoxy groups -OCH3 is 4. The fourth-order valence-corrected chi connectivity index (χ4v) is 4.07. The molecule has 0 radical (unpaired) electrons. The zero-order chi connectivity index (χ0) is 23.4. The van der Waals surface area contributed by atoms with Gasteiger partial charge in [0, 0.05) is 36.3 Å². The smallest absolute Gasteiger partial charge is 0.187 e. The van der Waals surface area contributed by atoms with Crippen LogP contribution in [0.25, 0.3) is 11.0 Å². The molecule has 9 nitrogen and oxygen atoms in total. The largest absolute Gasteiger partial charge is 0.497 e. The summed E-state index contributed by atoms with van der Waals surface area (Å²) in [4.78, 5) is 11.0. The Kier molecular flexibility index (Phi) is 6.83. The second kappa shape index (κ2) is 9.95. The van der Waals surface area contributed by atoms with Gasteiger partial charge in [-0.1, -0.05) is 0 Å². The van der Waals surface area contributed by atoms with Crippen LogP contribution in [0.3, 0.4) is 0 Å². The Labute approximate surface area is 199 Å². The molecule has 172 valence electrons. The monoisotopic (exact) mass is 513 g/mol. The summed E-state index contributed by atoms with van der Waals surface area (Å²) in [6.45, 7) is 1.01. The molecule has 0 aliphatic rings. The number of hydrogen-bond acceptors (Lipinski definition) is 8. The van der Waals surface area contributed by atoms with E-state index in [2.05, 4.69) is 41.0 Å². The second-order valence-corrected chi connectivity index (χ2v) is 7.94. The number of nitrogens with one attached hydrogen (secondary N) is 1. The molecule has 1 N–H and O–H groups in total. The summed E-state index contributed by atoms with van der Waals surface area (Å²) >= 11 is 3.54. The Morgan fingerprint density at radius 1 is 0.818 bits per heavy atom. The summed E-state index contributed by atoms with van der Waals surface area (Å²) in [5.41, 5.74) is 2.51. The van der Waals surface area contributed by atoms with Gasteiger partial charge in [-0.3, -0.25) is 5.10 Å². The van der Waals surface area contributed by atoms with Crippen LogP contribution >= 0.6 is 15.9 Å². The van der Waals surface area contributed by atoms with E-state index in [4.69, 9.17) is 18.9 Å². The molecule has 33 heavy (non-hydrogen) atoms. The zero-order valence-electron chi connectivity index (χ0n) is 18.8. The molecule has 10 heteroatoms. The van der Waals surface area contributed by atoms with Crippen LogP contribution in [0.1, 0.15) is 11.1 Å². The fourth-order valence-electron chi connectivity index (χ4n) is 3.63. The van der Waals surface area contributed by atoms with Gasteiger partial charge in [0.05, 0.1) is 33.8 Å². The zero-order valence-corrected chi connectivity index (χ0v) is 20.3. The highest BCUT2D eigenvalue weighted by molar-refractivity contribution is 9.10. The molecule has 0 aliphatic heterocycles. The Morgan fingerprint density at radius 3 is 1.91 bits per heavy atom. The lowest BCUT2D eigenvalue weighted by Gasteiger charge is -2.26. The summed E-state index contributed by atoms with van der Waals surface area (Å²) in [5, 5.41) is 7.98. The average Bonchev–Trinajstić information content (AvgIpc) is 3.24. The SMILES string of the molecule is COc1ccc(CN(Cc2ccc(OC)cc2OC)c2ncnc3n[nH]c(Br)c23)c(OC)c1. The molecule has 0 unspecified atom stereocenters. The highest BCUT2D eigenvalue weighted by Gasteiger charge is 2.21. The number of ether oxygens (including phenoxy) is 4. The fraction of sp³-hybridized carbons (Fsp3) is 0.261. The number of H-pyrrole nitrogens is 1. The number of aromatic amines is 1. The molecular weight excluding hydrogens is 490 g/mol. The highest BCUT2D eigenvalue weighted by Crippen LogP contribution is 2.34. The van der Waals surface area contributed by atoms with Crippen LogP contribution in [0.2, 0.25) is 0 Å². The van der Waals surface area contributed by atoms with Crippen LogP contribution < -0.4 is 23.8 Å². The van der Waals surface area contributed by atoms with Crippen molar-refractivity contribution in [3.05, 3.63) is 58.5 Å². The van der Waals surface area contributed by atoms with E-state index in [9.17, 15) is 0 Å². The third kappa shape index (κ3) is 4.65. The lowest BCUT2D eigenvalue weighted by molar-refractivity contribution is 0.389. The number of nitrogens with zero attached hydrogens (tertiary/aromatic N) is 4. The van der Waals surface area contributed by atoms with Gasteiger partial charge in [0.25, 0.3) is 0 Å². The van der Waals surface area contributed by atoms with Crippen LogP contribution in [0.15, 0.2) is 47.3 Å². The molecular formula is C23H24BrN5O4. The van der Waals surface area contributed by atoms with Crippen LogP contribution in [0, 0.1) is 0 Å². The molecule has 0 saturated heterocycles. The van der Waals surface area contributed by atoms with Crippen molar-refractivity contribution in [2.45, 2.75) is 13.1 Å². The van der Waals surface area contributed by atoms with Gasteiger partial charge in [0.15, 0.2) is 5.65 Å². The molecule has 2 aromatic carbocycles. The predicted molar refractivity (Wildman–Crippen MR) is 128 cm³/mol. The summed E-state index contributed by atoms with van der Waals surface area (Å²) in [6, 6.07) is 11.5. The van der Waals surface area contributed by atoms with Crippen molar-refractivity contribution < 1.29 is 18.9 Å². The molecule has 4 aromatic rings. The molecule has 0 bridgehead atoms. The maximum absolute atomic E-state index is 5.64. The Morgan fingerprint density at radius 2 is 1.39 bits per heavy atom. The molecule has 4 rings (SSSR count). The van der Waals surface area contributed by atoms with E-state index >= 15 is 0 Å². The van der Waals surface area contributed by atoms with Crippen molar-refractivity contribution in [3.63, 3.8) is 0 Å². The second-order valence-electron chi connectivity index (χ2n) is 7.15. The molecule has 0 aliphatic carbocycles. The normalized spacial score (nSPS) is 10.8. The van der Waals surface area contributed by atoms with Gasteiger partial charge in [0.1, 0.15) is 39.7 Å². The van der Waals surface area contributed by atoms with Crippen LogP contribution in [-0.2, 0) is 13.1 Å².